The number of nitrogens with zero attached hydrogens (tertiary/aromatic N) is 1. The second kappa shape index (κ2) is 2.70. The van der Waals surface area contributed by atoms with E-state index >= 15 is 0 Å². The third-order valence-corrected chi connectivity index (χ3v) is 2.48. The maximum atomic E-state index is 9.52. The van der Waals surface area contributed by atoms with Gasteiger partial charge in [-0.25, -0.2) is 4.99 Å². The van der Waals surface area contributed by atoms with Gasteiger partial charge in [-0.05, 0) is 40.8 Å². The zero-order valence-corrected chi connectivity index (χ0v) is 8.32. The first-order valence-electron chi connectivity index (χ1n) is 3.50. The number of rotatable bonds is 0. The van der Waals surface area contributed by atoms with Gasteiger partial charge in [-0.3, -0.25) is 0 Å². The van der Waals surface area contributed by atoms with Crippen molar-refractivity contribution in [1.29, 1.82) is 0 Å². The van der Waals surface area contributed by atoms with Crippen molar-refractivity contribution in [3.8, 4) is 0 Å². The maximum Gasteiger partial charge on any atom is 0.138 e. The van der Waals surface area contributed by atoms with Gasteiger partial charge in [-0.15, -0.1) is 0 Å². The summed E-state index contributed by atoms with van der Waals surface area (Å²) in [4.78, 5) is 4.02. The molecule has 0 radical (unpaired) electrons. The van der Waals surface area contributed by atoms with E-state index in [1.807, 2.05) is 18.2 Å². The van der Waals surface area contributed by atoms with Crippen molar-refractivity contribution in [3.63, 3.8) is 0 Å². The fraction of sp³-hybridized carbons (Fsp3) is 0.125. The summed E-state index contributed by atoms with van der Waals surface area (Å²) in [5.41, 5.74) is 7.06. The first-order valence-corrected chi connectivity index (χ1v) is 4.58. The highest BCUT2D eigenvalue weighted by Gasteiger charge is 2.22. The Labute approximate surface area is 83.4 Å². The minimum absolute atomic E-state index is 0.284. The van der Waals surface area contributed by atoms with E-state index in [1.165, 1.54) is 0 Å². The molecule has 1 aliphatic rings. The Kier molecular flexibility index (Phi) is 1.80. The molecule has 1 heterocycles. The van der Waals surface area contributed by atoms with Gasteiger partial charge in [-0.2, -0.15) is 0 Å². The standard InChI is InChI=1S/C8H7IN2O/c9-4-1-2-6-5(3-4)7(12)8(10)11-6/h1-3,7,12H,(H2,10,11). The molecule has 0 fully saturated rings. The number of hydrogen-bond donors (Lipinski definition) is 2. The highest BCUT2D eigenvalue weighted by molar-refractivity contribution is 14.1. The van der Waals surface area contributed by atoms with Crippen molar-refractivity contribution in [2.75, 3.05) is 0 Å². The largest absolute Gasteiger partial charge is 0.385 e. The molecule has 1 atom stereocenters. The number of hydrogen-bond acceptors (Lipinski definition) is 3. The van der Waals surface area contributed by atoms with Crippen LogP contribution in [0.4, 0.5) is 5.69 Å². The topological polar surface area (TPSA) is 58.6 Å². The smallest absolute Gasteiger partial charge is 0.138 e. The number of nitrogens with two attached hydrogens (primary N) is 1. The van der Waals surface area contributed by atoms with Crippen LogP contribution in [-0.2, 0) is 0 Å². The van der Waals surface area contributed by atoms with Crippen molar-refractivity contribution in [3.05, 3.63) is 27.3 Å². The SMILES string of the molecule is NC1=Nc2ccc(I)cc2C1O. The monoisotopic (exact) mass is 274 g/mol. The van der Waals surface area contributed by atoms with Crippen molar-refractivity contribution >= 4 is 34.1 Å². The summed E-state index contributed by atoms with van der Waals surface area (Å²) < 4.78 is 1.08. The first kappa shape index (κ1) is 8.00. The Morgan fingerprint density at radius 1 is 1.50 bits per heavy atom. The van der Waals surface area contributed by atoms with Crippen LogP contribution in [0.25, 0.3) is 0 Å². The summed E-state index contributed by atoms with van der Waals surface area (Å²) >= 11 is 2.19. The lowest BCUT2D eigenvalue weighted by Gasteiger charge is -2.03. The average molecular weight is 274 g/mol. The number of amidine groups is 1. The van der Waals surface area contributed by atoms with Gasteiger partial charge in [0.25, 0.3) is 0 Å². The van der Waals surface area contributed by atoms with Gasteiger partial charge in [0.1, 0.15) is 11.9 Å². The summed E-state index contributed by atoms with van der Waals surface area (Å²) in [5, 5.41) is 9.52. The Bertz CT molecular complexity index is 362. The molecule has 0 aliphatic carbocycles. The molecule has 0 aromatic heterocycles. The lowest BCUT2D eigenvalue weighted by Crippen LogP contribution is -2.17. The predicted molar refractivity (Wildman–Crippen MR) is 55.4 cm³/mol. The van der Waals surface area contributed by atoms with E-state index in [0.717, 1.165) is 14.8 Å². The van der Waals surface area contributed by atoms with Gasteiger partial charge in [0, 0.05) is 9.13 Å². The van der Waals surface area contributed by atoms with Crippen molar-refractivity contribution in [1.82, 2.24) is 0 Å². The molecule has 0 bridgehead atoms. The Morgan fingerprint density at radius 3 is 3.00 bits per heavy atom. The second-order valence-electron chi connectivity index (χ2n) is 2.64. The van der Waals surface area contributed by atoms with Crippen LogP contribution in [-0.4, -0.2) is 10.9 Å². The second-order valence-corrected chi connectivity index (χ2v) is 3.89. The van der Waals surface area contributed by atoms with E-state index in [0.29, 0.717) is 0 Å². The van der Waals surface area contributed by atoms with E-state index in [1.54, 1.807) is 0 Å². The quantitative estimate of drug-likeness (QED) is 0.701. The lowest BCUT2D eigenvalue weighted by atomic mass is 10.1. The van der Waals surface area contributed by atoms with Crippen LogP contribution in [0, 0.1) is 3.57 Å². The molecular formula is C8H7IN2O. The van der Waals surface area contributed by atoms with Crippen LogP contribution in [0.3, 0.4) is 0 Å². The Hall–Kier alpha value is -0.620. The number of benzene rings is 1. The van der Waals surface area contributed by atoms with Crippen LogP contribution >= 0.6 is 22.6 Å². The van der Waals surface area contributed by atoms with E-state index in [9.17, 15) is 5.11 Å². The highest BCUT2D eigenvalue weighted by Crippen LogP contribution is 2.33. The minimum Gasteiger partial charge on any atom is -0.385 e. The predicted octanol–water partition coefficient (Wildman–Crippen LogP) is 1.33. The number of aliphatic hydroxyl groups excluding tert-OH is 1. The zero-order valence-electron chi connectivity index (χ0n) is 6.16. The van der Waals surface area contributed by atoms with Crippen molar-refractivity contribution < 1.29 is 5.11 Å². The molecule has 0 saturated carbocycles. The molecule has 4 heteroatoms. The van der Waals surface area contributed by atoms with Gasteiger partial charge in [0.15, 0.2) is 0 Å². The summed E-state index contributed by atoms with van der Waals surface area (Å²) in [6.07, 6.45) is -0.713. The Balaban J connectivity index is 2.57. The number of aliphatic hydroxyl groups is 1. The fourth-order valence-corrected chi connectivity index (χ4v) is 1.72. The molecule has 1 aromatic rings. The minimum atomic E-state index is -0.713. The van der Waals surface area contributed by atoms with E-state index < -0.39 is 6.10 Å². The summed E-state index contributed by atoms with van der Waals surface area (Å²) in [5.74, 6) is 0.284. The molecule has 1 unspecified atom stereocenters. The number of halogens is 1. The average Bonchev–Trinajstić information content (AvgIpc) is 2.31. The molecule has 3 nitrogen and oxygen atoms in total. The normalized spacial score (nSPS) is 20.5. The van der Waals surface area contributed by atoms with Crippen LogP contribution < -0.4 is 5.73 Å². The first-order chi connectivity index (χ1) is 5.68. The molecule has 12 heavy (non-hydrogen) atoms. The van der Waals surface area contributed by atoms with Crippen LogP contribution in [0.1, 0.15) is 11.7 Å². The highest BCUT2D eigenvalue weighted by atomic mass is 127. The Morgan fingerprint density at radius 2 is 2.25 bits per heavy atom. The summed E-state index contributed by atoms with van der Waals surface area (Å²) in [7, 11) is 0. The van der Waals surface area contributed by atoms with Crippen molar-refractivity contribution in [2.24, 2.45) is 10.7 Å². The molecule has 0 amide bonds. The number of aliphatic imine (C=N–C) groups is 1. The molecule has 62 valence electrons. The third kappa shape index (κ3) is 1.11. The van der Waals surface area contributed by atoms with E-state index in [2.05, 4.69) is 27.6 Å². The molecule has 0 saturated heterocycles. The number of fused-ring (bicyclic) bond motifs is 1. The van der Waals surface area contributed by atoms with Crippen LogP contribution in [0.5, 0.6) is 0 Å². The summed E-state index contributed by atoms with van der Waals surface area (Å²) in [6, 6.07) is 5.69. The molecule has 1 aromatic carbocycles. The van der Waals surface area contributed by atoms with E-state index in [-0.39, 0.29) is 5.84 Å². The molecular weight excluding hydrogens is 267 g/mol. The van der Waals surface area contributed by atoms with Gasteiger partial charge < -0.3 is 10.8 Å². The van der Waals surface area contributed by atoms with Crippen molar-refractivity contribution in [2.45, 2.75) is 6.10 Å². The van der Waals surface area contributed by atoms with Crippen LogP contribution in [0.15, 0.2) is 23.2 Å². The van der Waals surface area contributed by atoms with Gasteiger partial charge in [-0.1, -0.05) is 0 Å². The fourth-order valence-electron chi connectivity index (χ4n) is 1.21. The molecule has 3 N–H and O–H groups in total. The van der Waals surface area contributed by atoms with Gasteiger partial charge in [0.05, 0.1) is 5.69 Å². The van der Waals surface area contributed by atoms with Gasteiger partial charge in [0.2, 0.25) is 0 Å². The molecule has 0 spiro atoms. The lowest BCUT2D eigenvalue weighted by molar-refractivity contribution is 0.250. The maximum absolute atomic E-state index is 9.52. The summed E-state index contributed by atoms with van der Waals surface area (Å²) in [6.45, 7) is 0. The van der Waals surface area contributed by atoms with Gasteiger partial charge >= 0.3 is 0 Å². The molecule has 2 rings (SSSR count). The molecule has 1 aliphatic heterocycles. The van der Waals surface area contributed by atoms with E-state index in [4.69, 9.17) is 5.73 Å². The third-order valence-electron chi connectivity index (χ3n) is 1.81. The van der Waals surface area contributed by atoms with Crippen LogP contribution in [0.2, 0.25) is 0 Å². The zero-order chi connectivity index (χ0) is 8.72.